The lowest BCUT2D eigenvalue weighted by molar-refractivity contribution is 1.20. The molecule has 0 amide bonds. The average Bonchev–Trinajstić information content (AvgIpc) is 2.53. The van der Waals surface area contributed by atoms with Gasteiger partial charge in [-0.15, -0.1) is 36.7 Å². The van der Waals surface area contributed by atoms with E-state index in [0.29, 0.717) is 0 Å². The Bertz CT molecular complexity index is 551. The first-order valence-corrected chi connectivity index (χ1v) is 9.47. The van der Waals surface area contributed by atoms with Gasteiger partial charge in [-0.1, -0.05) is 48.2 Å². The Morgan fingerprint density at radius 3 is 1.43 bits per heavy atom. The minimum atomic E-state index is 0.935. The zero-order chi connectivity index (χ0) is 14.9. The fourth-order valence-corrected chi connectivity index (χ4v) is 4.56. The molecule has 3 heteroatoms. The maximum absolute atomic E-state index is 3.80. The molecule has 0 saturated carbocycles. The van der Waals surface area contributed by atoms with Crippen molar-refractivity contribution >= 4 is 35.3 Å². The molecule has 0 unspecified atom stereocenters. The maximum Gasteiger partial charge on any atom is 0.0258 e. The van der Waals surface area contributed by atoms with Crippen LogP contribution in [0.4, 0.5) is 0 Å². The summed E-state index contributed by atoms with van der Waals surface area (Å²) in [6, 6.07) is 17.1. The Hall–Kier alpha value is -1.03. The summed E-state index contributed by atoms with van der Waals surface area (Å²) in [4.78, 5) is 5.23. The highest BCUT2D eigenvalue weighted by molar-refractivity contribution is 8.03. The third kappa shape index (κ3) is 5.03. The summed E-state index contributed by atoms with van der Waals surface area (Å²) in [6.07, 6.45) is 3.89. The van der Waals surface area contributed by atoms with Crippen molar-refractivity contribution < 1.29 is 0 Å². The Kier molecular flexibility index (Phi) is 7.07. The van der Waals surface area contributed by atoms with Crippen molar-refractivity contribution in [1.29, 1.82) is 0 Å². The van der Waals surface area contributed by atoms with Gasteiger partial charge in [0.25, 0.3) is 0 Å². The van der Waals surface area contributed by atoms with E-state index in [0.717, 1.165) is 11.5 Å². The fourth-order valence-electron chi connectivity index (χ4n) is 1.72. The molecule has 0 saturated heterocycles. The van der Waals surface area contributed by atoms with Gasteiger partial charge in [0.15, 0.2) is 0 Å². The van der Waals surface area contributed by atoms with E-state index in [1.54, 1.807) is 0 Å². The van der Waals surface area contributed by atoms with Crippen molar-refractivity contribution in [2.24, 2.45) is 0 Å². The lowest BCUT2D eigenvalue weighted by Gasteiger charge is -2.11. The predicted octanol–water partition coefficient (Wildman–Crippen LogP) is 6.39. The minimum Gasteiger partial charge on any atom is -0.121 e. The fraction of sp³-hybridized carbons (Fsp3) is 0.111. The van der Waals surface area contributed by atoms with E-state index in [4.69, 9.17) is 0 Å². The lowest BCUT2D eigenvalue weighted by Crippen LogP contribution is -1.83. The van der Waals surface area contributed by atoms with Crippen molar-refractivity contribution in [1.82, 2.24) is 0 Å². The molecule has 108 valence electrons. The quantitative estimate of drug-likeness (QED) is 0.406. The zero-order valence-electron chi connectivity index (χ0n) is 11.8. The summed E-state index contributed by atoms with van der Waals surface area (Å²) in [7, 11) is 0. The molecule has 0 aliphatic heterocycles. The molecule has 2 rings (SSSR count). The van der Waals surface area contributed by atoms with Crippen LogP contribution in [-0.4, -0.2) is 11.5 Å². The molecule has 21 heavy (non-hydrogen) atoms. The molecule has 0 aliphatic rings. The molecule has 0 atom stereocenters. The van der Waals surface area contributed by atoms with Crippen LogP contribution in [0, 0.1) is 0 Å². The van der Waals surface area contributed by atoms with Crippen molar-refractivity contribution in [3.63, 3.8) is 0 Å². The monoisotopic (exact) mass is 330 g/mol. The lowest BCUT2D eigenvalue weighted by atomic mass is 10.4. The van der Waals surface area contributed by atoms with Crippen molar-refractivity contribution in [2.75, 3.05) is 11.5 Å². The summed E-state index contributed by atoms with van der Waals surface area (Å²) in [6.45, 7) is 7.59. The molecule has 0 aromatic heterocycles. The molecular weight excluding hydrogens is 312 g/mol. The standard InChI is InChI=1S/C18H18S3/c1-3-13-19-15-9-5-7-11-17(15)21-18-12-8-6-10-16(18)20-14-4-2/h3-12H,1-2,13-14H2. The van der Waals surface area contributed by atoms with E-state index in [-0.39, 0.29) is 0 Å². The van der Waals surface area contributed by atoms with Gasteiger partial charge in [0.2, 0.25) is 0 Å². The van der Waals surface area contributed by atoms with Gasteiger partial charge >= 0.3 is 0 Å². The number of hydrogen-bond acceptors (Lipinski definition) is 3. The predicted molar refractivity (Wildman–Crippen MR) is 98.8 cm³/mol. The molecule has 2 aromatic rings. The molecule has 0 nitrogen and oxygen atoms in total. The Labute approximate surface area is 140 Å². The number of benzene rings is 2. The van der Waals surface area contributed by atoms with E-state index in [2.05, 4.69) is 61.7 Å². The van der Waals surface area contributed by atoms with Crippen LogP contribution in [0.15, 0.2) is 93.4 Å². The summed E-state index contributed by atoms with van der Waals surface area (Å²) < 4.78 is 0. The molecule has 0 spiro atoms. The number of rotatable bonds is 8. The van der Waals surface area contributed by atoms with E-state index < -0.39 is 0 Å². The second-order valence-electron chi connectivity index (χ2n) is 4.19. The maximum atomic E-state index is 3.80. The topological polar surface area (TPSA) is 0 Å². The molecule has 0 radical (unpaired) electrons. The second-order valence-corrected chi connectivity index (χ2v) is 7.40. The summed E-state index contributed by atoms with van der Waals surface area (Å²) in [5.74, 6) is 1.87. The summed E-state index contributed by atoms with van der Waals surface area (Å²) in [5.41, 5.74) is 0. The summed E-state index contributed by atoms with van der Waals surface area (Å²) in [5, 5.41) is 0. The van der Waals surface area contributed by atoms with Crippen molar-refractivity contribution in [2.45, 2.75) is 19.6 Å². The molecule has 2 aromatic carbocycles. The Balaban J connectivity index is 2.21. The third-order valence-corrected chi connectivity index (χ3v) is 6.18. The van der Waals surface area contributed by atoms with Gasteiger partial charge in [-0.3, -0.25) is 0 Å². The van der Waals surface area contributed by atoms with Gasteiger partial charge in [0.05, 0.1) is 0 Å². The van der Waals surface area contributed by atoms with Crippen molar-refractivity contribution in [3.05, 3.63) is 73.8 Å². The highest BCUT2D eigenvalue weighted by Gasteiger charge is 2.07. The van der Waals surface area contributed by atoms with Crippen molar-refractivity contribution in [3.8, 4) is 0 Å². The highest BCUT2D eigenvalue weighted by atomic mass is 32.2. The molecule has 0 heterocycles. The Morgan fingerprint density at radius 1 is 0.667 bits per heavy atom. The highest BCUT2D eigenvalue weighted by Crippen LogP contribution is 2.39. The number of thioether (sulfide) groups is 2. The first-order valence-electron chi connectivity index (χ1n) is 6.68. The van der Waals surface area contributed by atoms with Gasteiger partial charge in [0.1, 0.15) is 0 Å². The largest absolute Gasteiger partial charge is 0.121 e. The van der Waals surface area contributed by atoms with Crippen LogP contribution in [0.1, 0.15) is 0 Å². The molecule has 0 bridgehead atoms. The van der Waals surface area contributed by atoms with E-state index in [1.807, 2.05) is 47.4 Å². The smallest absolute Gasteiger partial charge is 0.0258 e. The third-order valence-electron chi connectivity index (χ3n) is 2.63. The van der Waals surface area contributed by atoms with Crippen LogP contribution in [-0.2, 0) is 0 Å². The first-order chi connectivity index (χ1) is 10.3. The SMILES string of the molecule is C=CCSc1ccccc1Sc1ccccc1SCC=C. The van der Waals surface area contributed by atoms with Crippen LogP contribution in [0.3, 0.4) is 0 Å². The number of hydrogen-bond donors (Lipinski definition) is 0. The van der Waals surface area contributed by atoms with Gasteiger partial charge in [-0.25, -0.2) is 0 Å². The molecule has 0 fully saturated rings. The van der Waals surface area contributed by atoms with Crippen LogP contribution in [0.25, 0.3) is 0 Å². The van der Waals surface area contributed by atoms with E-state index in [9.17, 15) is 0 Å². The second kappa shape index (κ2) is 9.08. The van der Waals surface area contributed by atoms with Crippen LogP contribution < -0.4 is 0 Å². The first kappa shape index (κ1) is 16.3. The van der Waals surface area contributed by atoms with Gasteiger partial charge in [0, 0.05) is 31.1 Å². The van der Waals surface area contributed by atoms with Crippen LogP contribution in [0.2, 0.25) is 0 Å². The minimum absolute atomic E-state index is 0.935. The summed E-state index contributed by atoms with van der Waals surface area (Å²) >= 11 is 5.49. The van der Waals surface area contributed by atoms with Crippen LogP contribution >= 0.6 is 35.3 Å². The van der Waals surface area contributed by atoms with Gasteiger partial charge in [-0.05, 0) is 24.3 Å². The normalized spacial score (nSPS) is 10.3. The molecule has 0 N–H and O–H groups in total. The van der Waals surface area contributed by atoms with Gasteiger partial charge < -0.3 is 0 Å². The Morgan fingerprint density at radius 2 is 1.05 bits per heavy atom. The van der Waals surface area contributed by atoms with Crippen LogP contribution in [0.5, 0.6) is 0 Å². The van der Waals surface area contributed by atoms with E-state index >= 15 is 0 Å². The zero-order valence-corrected chi connectivity index (χ0v) is 14.3. The molecular formula is C18H18S3. The van der Waals surface area contributed by atoms with E-state index in [1.165, 1.54) is 19.6 Å². The average molecular weight is 331 g/mol. The molecule has 0 aliphatic carbocycles. The van der Waals surface area contributed by atoms with Gasteiger partial charge in [-0.2, -0.15) is 0 Å².